The second-order valence-corrected chi connectivity index (χ2v) is 3.39. The summed E-state index contributed by atoms with van der Waals surface area (Å²) in [5.74, 6) is -0.689. The summed E-state index contributed by atoms with van der Waals surface area (Å²) in [7, 11) is 0. The molecule has 0 bridgehead atoms. The van der Waals surface area contributed by atoms with E-state index in [-0.39, 0.29) is 6.61 Å². The van der Waals surface area contributed by atoms with Gasteiger partial charge in [0.25, 0.3) is 0 Å². The van der Waals surface area contributed by atoms with Crippen molar-refractivity contribution in [1.29, 1.82) is 0 Å². The predicted molar refractivity (Wildman–Crippen MR) is 62.2 cm³/mol. The van der Waals surface area contributed by atoms with Gasteiger partial charge in [-0.05, 0) is 19.4 Å². The van der Waals surface area contributed by atoms with Crippen molar-refractivity contribution in [2.45, 2.75) is 20.5 Å². The van der Waals surface area contributed by atoms with Gasteiger partial charge in [-0.3, -0.25) is 0 Å². The number of benzene rings is 1. The Morgan fingerprint density at radius 1 is 1.24 bits per heavy atom. The molecule has 0 N–H and O–H groups in total. The number of esters is 1. The number of hydrogen-bond donors (Lipinski definition) is 0. The van der Waals surface area contributed by atoms with Crippen LogP contribution < -0.4 is 0 Å². The number of rotatable bonds is 3. The summed E-state index contributed by atoms with van der Waals surface area (Å²) >= 11 is 0. The molecule has 4 heteroatoms. The molecule has 1 aromatic carbocycles. The number of carbonyl (C=O) groups is 2. The molecule has 1 rings (SSSR count). The maximum atomic E-state index is 11.2. The van der Waals surface area contributed by atoms with E-state index in [1.807, 2.05) is 30.3 Å². The maximum absolute atomic E-state index is 11.2. The Bertz CT molecular complexity index is 420. The van der Waals surface area contributed by atoms with Crippen LogP contribution in [0.3, 0.4) is 0 Å². The first-order valence-corrected chi connectivity index (χ1v) is 5.19. The Balaban J connectivity index is 2.39. The van der Waals surface area contributed by atoms with Gasteiger partial charge in [0.1, 0.15) is 6.61 Å². The minimum Gasteiger partial charge on any atom is -0.429 e. The molecular formula is C13H14O4. The number of carbonyl (C=O) groups excluding carboxylic acids is 2. The summed E-state index contributed by atoms with van der Waals surface area (Å²) < 4.78 is 9.24. The second-order valence-electron chi connectivity index (χ2n) is 3.39. The minimum atomic E-state index is -0.986. The fraction of sp³-hybridized carbons (Fsp3) is 0.231. The fourth-order valence-corrected chi connectivity index (χ4v) is 1.02. The standard InChI is InChI=1S/C13H14O4/c1-3-10(2)12(14)17-13(15)16-9-11-7-5-4-6-8-11/h3-8H,9H2,1-2H3. The molecule has 90 valence electrons. The van der Waals surface area contributed by atoms with Crippen LogP contribution in [0.25, 0.3) is 0 Å². The first kappa shape index (κ1) is 13.0. The second kappa shape index (κ2) is 6.48. The first-order chi connectivity index (χ1) is 8.13. The van der Waals surface area contributed by atoms with Crippen LogP contribution in [0.15, 0.2) is 42.0 Å². The Kier molecular flexibility index (Phi) is 4.94. The van der Waals surface area contributed by atoms with Crippen LogP contribution in [0.2, 0.25) is 0 Å². The maximum Gasteiger partial charge on any atom is 0.516 e. The van der Waals surface area contributed by atoms with Crippen molar-refractivity contribution < 1.29 is 19.1 Å². The van der Waals surface area contributed by atoms with E-state index < -0.39 is 12.1 Å². The lowest BCUT2D eigenvalue weighted by Crippen LogP contribution is -2.14. The topological polar surface area (TPSA) is 52.6 Å². The van der Waals surface area contributed by atoms with E-state index in [0.717, 1.165) is 5.56 Å². The third kappa shape index (κ3) is 4.51. The zero-order valence-electron chi connectivity index (χ0n) is 9.80. The van der Waals surface area contributed by atoms with E-state index in [9.17, 15) is 9.59 Å². The molecule has 0 aliphatic carbocycles. The van der Waals surface area contributed by atoms with E-state index in [1.54, 1.807) is 19.9 Å². The molecular weight excluding hydrogens is 220 g/mol. The number of ether oxygens (including phenoxy) is 2. The Morgan fingerprint density at radius 2 is 1.88 bits per heavy atom. The summed E-state index contributed by atoms with van der Waals surface area (Å²) in [5.41, 5.74) is 1.20. The lowest BCUT2D eigenvalue weighted by atomic mass is 10.2. The van der Waals surface area contributed by atoms with Gasteiger partial charge in [-0.1, -0.05) is 36.4 Å². The van der Waals surface area contributed by atoms with Gasteiger partial charge in [0.05, 0.1) is 0 Å². The molecule has 1 aromatic rings. The zero-order chi connectivity index (χ0) is 12.7. The summed E-state index contributed by atoms with van der Waals surface area (Å²) in [6, 6.07) is 9.15. The van der Waals surface area contributed by atoms with E-state index in [1.165, 1.54) is 0 Å². The largest absolute Gasteiger partial charge is 0.516 e. The van der Waals surface area contributed by atoms with Crippen molar-refractivity contribution in [1.82, 2.24) is 0 Å². The third-order valence-corrected chi connectivity index (χ3v) is 2.13. The molecule has 0 atom stereocenters. The molecule has 0 saturated heterocycles. The van der Waals surface area contributed by atoms with Crippen molar-refractivity contribution in [3.8, 4) is 0 Å². The summed E-state index contributed by atoms with van der Waals surface area (Å²) in [5, 5.41) is 0. The van der Waals surface area contributed by atoms with Crippen LogP contribution in [0.4, 0.5) is 4.79 Å². The normalized spacial score (nSPS) is 10.8. The van der Waals surface area contributed by atoms with E-state index in [2.05, 4.69) is 4.74 Å². The van der Waals surface area contributed by atoms with Crippen molar-refractivity contribution in [2.24, 2.45) is 0 Å². The highest BCUT2D eigenvalue weighted by atomic mass is 16.7. The van der Waals surface area contributed by atoms with Gasteiger partial charge < -0.3 is 9.47 Å². The lowest BCUT2D eigenvalue weighted by molar-refractivity contribution is -0.135. The molecule has 0 aliphatic rings. The highest BCUT2D eigenvalue weighted by molar-refractivity contribution is 5.93. The lowest BCUT2D eigenvalue weighted by Gasteiger charge is -2.04. The van der Waals surface area contributed by atoms with E-state index >= 15 is 0 Å². The van der Waals surface area contributed by atoms with Crippen LogP contribution in [-0.2, 0) is 20.9 Å². The van der Waals surface area contributed by atoms with Crippen LogP contribution in [0.5, 0.6) is 0 Å². The quantitative estimate of drug-likeness (QED) is 0.458. The molecule has 0 saturated carbocycles. The van der Waals surface area contributed by atoms with Crippen molar-refractivity contribution in [3.05, 3.63) is 47.5 Å². The fourth-order valence-electron chi connectivity index (χ4n) is 1.02. The molecule has 4 nitrogen and oxygen atoms in total. The predicted octanol–water partition coefficient (Wildman–Crippen LogP) is 2.83. The van der Waals surface area contributed by atoms with Crippen LogP contribution in [0, 0.1) is 0 Å². The van der Waals surface area contributed by atoms with Gasteiger partial charge in [-0.25, -0.2) is 9.59 Å². The SMILES string of the molecule is CC=C(C)C(=O)OC(=O)OCc1ccccc1. The molecule has 17 heavy (non-hydrogen) atoms. The van der Waals surface area contributed by atoms with Crippen LogP contribution >= 0.6 is 0 Å². The molecule has 0 aliphatic heterocycles. The first-order valence-electron chi connectivity index (χ1n) is 5.19. The molecule has 0 spiro atoms. The monoisotopic (exact) mass is 234 g/mol. The molecule has 0 aromatic heterocycles. The average molecular weight is 234 g/mol. The van der Waals surface area contributed by atoms with Gasteiger partial charge in [0, 0.05) is 5.57 Å². The highest BCUT2D eigenvalue weighted by Gasteiger charge is 2.12. The van der Waals surface area contributed by atoms with Crippen LogP contribution in [-0.4, -0.2) is 12.1 Å². The number of allylic oxidation sites excluding steroid dienone is 1. The summed E-state index contributed by atoms with van der Waals surface area (Å²) in [4.78, 5) is 22.4. The van der Waals surface area contributed by atoms with E-state index in [4.69, 9.17) is 4.74 Å². The van der Waals surface area contributed by atoms with E-state index in [0.29, 0.717) is 5.57 Å². The number of hydrogen-bond acceptors (Lipinski definition) is 4. The van der Waals surface area contributed by atoms with Gasteiger partial charge >= 0.3 is 12.1 Å². The Hall–Kier alpha value is -2.10. The molecule has 0 amide bonds. The summed E-state index contributed by atoms with van der Waals surface area (Å²) in [6.45, 7) is 3.33. The van der Waals surface area contributed by atoms with Gasteiger partial charge in [0.15, 0.2) is 0 Å². The zero-order valence-corrected chi connectivity index (χ0v) is 9.80. The Labute approximate surface area is 99.8 Å². The summed E-state index contributed by atoms with van der Waals surface area (Å²) in [6.07, 6.45) is 0.576. The molecule has 0 unspecified atom stereocenters. The van der Waals surface area contributed by atoms with Gasteiger partial charge in [-0.15, -0.1) is 0 Å². The molecule has 0 fully saturated rings. The Morgan fingerprint density at radius 3 is 2.47 bits per heavy atom. The third-order valence-electron chi connectivity index (χ3n) is 2.13. The van der Waals surface area contributed by atoms with Gasteiger partial charge in [0.2, 0.25) is 0 Å². The average Bonchev–Trinajstić information content (AvgIpc) is 2.36. The van der Waals surface area contributed by atoms with Gasteiger partial charge in [-0.2, -0.15) is 0 Å². The highest BCUT2D eigenvalue weighted by Crippen LogP contribution is 2.03. The minimum absolute atomic E-state index is 0.0852. The van der Waals surface area contributed by atoms with Crippen molar-refractivity contribution >= 4 is 12.1 Å². The molecule has 0 heterocycles. The van der Waals surface area contributed by atoms with Crippen molar-refractivity contribution in [2.75, 3.05) is 0 Å². The van der Waals surface area contributed by atoms with Crippen molar-refractivity contribution in [3.63, 3.8) is 0 Å². The van der Waals surface area contributed by atoms with Crippen LogP contribution in [0.1, 0.15) is 19.4 Å². The molecule has 0 radical (unpaired) electrons. The smallest absolute Gasteiger partial charge is 0.429 e.